The van der Waals surface area contributed by atoms with Gasteiger partial charge in [-0.25, -0.2) is 0 Å². The van der Waals surface area contributed by atoms with Crippen molar-refractivity contribution in [2.24, 2.45) is 0 Å². The Labute approximate surface area is 48.7 Å². The maximum absolute atomic E-state index is 8.79. The lowest BCUT2D eigenvalue weighted by Crippen LogP contribution is -2.15. The minimum Gasteiger partial charge on any atom is -0.289 e. The largest absolute Gasteiger partial charge is 0.289 e. The van der Waals surface area contributed by atoms with Crippen molar-refractivity contribution in [2.75, 3.05) is 6.54 Å². The summed E-state index contributed by atoms with van der Waals surface area (Å²) >= 11 is 0. The van der Waals surface area contributed by atoms with Gasteiger partial charge in [-0.1, -0.05) is 11.6 Å². The van der Waals surface area contributed by atoms with Crippen molar-refractivity contribution in [3.8, 4) is 0 Å². The zero-order chi connectivity index (χ0) is 5.98. The van der Waals surface area contributed by atoms with E-state index in [-0.39, 0.29) is 0 Å². The zero-order valence-corrected chi connectivity index (χ0v) is 4.83. The smallest absolute Gasteiger partial charge is 0.0657 e. The molecule has 1 N–H and O–H groups in total. The molecule has 0 aromatic heterocycles. The molecule has 1 heterocycles. The predicted molar refractivity (Wildman–Crippen MR) is 31.4 cm³/mol. The molecule has 1 aliphatic heterocycles. The lowest BCUT2D eigenvalue weighted by Gasteiger charge is -2.14. The van der Waals surface area contributed by atoms with E-state index in [0.29, 0.717) is 6.54 Å². The summed E-state index contributed by atoms with van der Waals surface area (Å²) in [5, 5.41) is 9.95. The van der Waals surface area contributed by atoms with Crippen molar-refractivity contribution >= 4 is 0 Å². The van der Waals surface area contributed by atoms with Crippen LogP contribution in [0, 0.1) is 0 Å². The van der Waals surface area contributed by atoms with E-state index in [1.54, 1.807) is 6.20 Å². The highest BCUT2D eigenvalue weighted by Crippen LogP contribution is 2.01. The number of hydrogen-bond acceptors (Lipinski definition) is 2. The molecular formula is C6H9NO. The van der Waals surface area contributed by atoms with Gasteiger partial charge in [-0.05, 0) is 13.0 Å². The normalized spacial score (nSPS) is 18.8. The first kappa shape index (κ1) is 5.38. The number of hydrogen-bond donors (Lipinski definition) is 1. The van der Waals surface area contributed by atoms with Crippen LogP contribution in [-0.4, -0.2) is 16.8 Å². The van der Waals surface area contributed by atoms with E-state index in [0.717, 1.165) is 5.06 Å². The summed E-state index contributed by atoms with van der Waals surface area (Å²) in [6.45, 7) is 2.61. The molecule has 0 saturated heterocycles. The average Bonchev–Trinajstić information content (AvgIpc) is 1.64. The summed E-state index contributed by atoms with van der Waals surface area (Å²) in [6.07, 6.45) is 5.43. The molecule has 0 aromatic carbocycles. The monoisotopic (exact) mass is 111 g/mol. The average molecular weight is 111 g/mol. The molecule has 0 radical (unpaired) electrons. The van der Waals surface area contributed by atoms with Crippen molar-refractivity contribution in [2.45, 2.75) is 6.92 Å². The van der Waals surface area contributed by atoms with Crippen LogP contribution in [0.25, 0.3) is 0 Å². The van der Waals surface area contributed by atoms with Gasteiger partial charge in [0.1, 0.15) is 0 Å². The summed E-state index contributed by atoms with van der Waals surface area (Å²) in [4.78, 5) is 0. The molecule has 0 aliphatic carbocycles. The zero-order valence-electron chi connectivity index (χ0n) is 4.83. The highest BCUT2D eigenvalue weighted by atomic mass is 16.5. The summed E-state index contributed by atoms with van der Waals surface area (Å²) in [5.41, 5.74) is 1.18. The van der Waals surface area contributed by atoms with E-state index in [4.69, 9.17) is 5.21 Å². The minimum absolute atomic E-state index is 0.635. The molecule has 0 spiro atoms. The van der Waals surface area contributed by atoms with Gasteiger partial charge in [-0.2, -0.15) is 0 Å². The lowest BCUT2D eigenvalue weighted by atomic mass is 10.2. The molecule has 0 fully saturated rings. The first-order chi connectivity index (χ1) is 3.79. The van der Waals surface area contributed by atoms with Gasteiger partial charge in [0, 0.05) is 6.20 Å². The lowest BCUT2D eigenvalue weighted by molar-refractivity contribution is -0.0327. The molecule has 2 heteroatoms. The third-order valence-electron chi connectivity index (χ3n) is 1.05. The van der Waals surface area contributed by atoms with Crippen molar-refractivity contribution < 1.29 is 5.21 Å². The number of allylic oxidation sites excluding steroid dienone is 2. The van der Waals surface area contributed by atoms with E-state index in [1.807, 2.05) is 19.1 Å². The topological polar surface area (TPSA) is 23.5 Å². The maximum atomic E-state index is 8.79. The highest BCUT2D eigenvalue weighted by Gasteiger charge is 1.96. The Morgan fingerprint density at radius 2 is 2.50 bits per heavy atom. The second-order valence-electron chi connectivity index (χ2n) is 1.95. The van der Waals surface area contributed by atoms with Crippen LogP contribution < -0.4 is 0 Å². The summed E-state index contributed by atoms with van der Waals surface area (Å²) < 4.78 is 0. The molecule has 0 atom stereocenters. The van der Waals surface area contributed by atoms with E-state index >= 15 is 0 Å². The SMILES string of the molecule is CC1=CC=CN(O)C1. The van der Waals surface area contributed by atoms with Gasteiger partial charge in [0.2, 0.25) is 0 Å². The molecule has 1 aliphatic rings. The molecule has 2 nitrogen and oxygen atoms in total. The number of nitrogens with zero attached hydrogens (tertiary/aromatic N) is 1. The molecule has 44 valence electrons. The van der Waals surface area contributed by atoms with E-state index in [2.05, 4.69) is 0 Å². The van der Waals surface area contributed by atoms with Crippen molar-refractivity contribution in [1.29, 1.82) is 0 Å². The number of hydroxylamine groups is 2. The van der Waals surface area contributed by atoms with Gasteiger partial charge in [0.25, 0.3) is 0 Å². The molecule has 0 unspecified atom stereocenters. The first-order valence-electron chi connectivity index (χ1n) is 2.58. The fourth-order valence-corrected chi connectivity index (χ4v) is 0.668. The molecule has 0 saturated carbocycles. The Kier molecular flexibility index (Phi) is 1.35. The first-order valence-corrected chi connectivity index (χ1v) is 2.58. The van der Waals surface area contributed by atoms with E-state index in [1.165, 1.54) is 5.57 Å². The molecule has 0 amide bonds. The van der Waals surface area contributed by atoms with Crippen LogP contribution >= 0.6 is 0 Å². The Balaban J connectivity index is 2.59. The van der Waals surface area contributed by atoms with Crippen LogP contribution in [0.3, 0.4) is 0 Å². The van der Waals surface area contributed by atoms with Crippen molar-refractivity contribution in [3.05, 3.63) is 23.9 Å². The third-order valence-corrected chi connectivity index (χ3v) is 1.05. The fourth-order valence-electron chi connectivity index (χ4n) is 0.668. The number of rotatable bonds is 0. The van der Waals surface area contributed by atoms with Gasteiger partial charge in [-0.15, -0.1) is 0 Å². The van der Waals surface area contributed by atoms with Crippen LogP contribution in [0.15, 0.2) is 23.9 Å². The third kappa shape index (κ3) is 1.10. The Bertz CT molecular complexity index is 137. The molecule has 1 rings (SSSR count). The van der Waals surface area contributed by atoms with Crippen LogP contribution in [0.2, 0.25) is 0 Å². The quantitative estimate of drug-likeness (QED) is 0.507. The Morgan fingerprint density at radius 3 is 2.88 bits per heavy atom. The van der Waals surface area contributed by atoms with Gasteiger partial charge in [-0.3, -0.25) is 10.3 Å². The van der Waals surface area contributed by atoms with Crippen molar-refractivity contribution in [1.82, 2.24) is 5.06 Å². The van der Waals surface area contributed by atoms with E-state index in [9.17, 15) is 0 Å². The highest BCUT2D eigenvalue weighted by molar-refractivity contribution is 5.15. The van der Waals surface area contributed by atoms with Gasteiger partial charge in [0.05, 0.1) is 6.54 Å². The summed E-state index contributed by atoms with van der Waals surface area (Å²) in [5.74, 6) is 0. The van der Waals surface area contributed by atoms with Crippen LogP contribution in [0.4, 0.5) is 0 Å². The van der Waals surface area contributed by atoms with Gasteiger partial charge < -0.3 is 0 Å². The molecule has 0 bridgehead atoms. The Morgan fingerprint density at radius 1 is 1.75 bits per heavy atom. The summed E-state index contributed by atoms with van der Waals surface area (Å²) in [6, 6.07) is 0. The van der Waals surface area contributed by atoms with E-state index < -0.39 is 0 Å². The summed E-state index contributed by atoms with van der Waals surface area (Å²) in [7, 11) is 0. The van der Waals surface area contributed by atoms with Crippen LogP contribution in [0.1, 0.15) is 6.92 Å². The Hall–Kier alpha value is -0.760. The minimum atomic E-state index is 0.635. The van der Waals surface area contributed by atoms with Gasteiger partial charge in [0.15, 0.2) is 0 Å². The van der Waals surface area contributed by atoms with Crippen LogP contribution in [-0.2, 0) is 0 Å². The molecule has 0 aromatic rings. The predicted octanol–water partition coefficient (Wildman–Crippen LogP) is 1.15. The fraction of sp³-hybridized carbons (Fsp3) is 0.333. The van der Waals surface area contributed by atoms with Crippen LogP contribution in [0.5, 0.6) is 0 Å². The molecule has 8 heavy (non-hydrogen) atoms. The second kappa shape index (κ2) is 2.01. The second-order valence-corrected chi connectivity index (χ2v) is 1.95. The van der Waals surface area contributed by atoms with Crippen molar-refractivity contribution in [3.63, 3.8) is 0 Å². The standard InChI is InChI=1S/C6H9NO/c1-6-3-2-4-7(8)5-6/h2-4,8H,5H2,1H3. The maximum Gasteiger partial charge on any atom is 0.0657 e. The molecular weight excluding hydrogens is 102 g/mol. The van der Waals surface area contributed by atoms with Gasteiger partial charge >= 0.3 is 0 Å².